The molecule has 2 fully saturated rings. The lowest BCUT2D eigenvalue weighted by Crippen LogP contribution is -2.53. The van der Waals surface area contributed by atoms with Crippen LogP contribution in [0.2, 0.25) is 0 Å². The van der Waals surface area contributed by atoms with E-state index in [1.54, 1.807) is 0 Å². The number of carbonyl (C=O) groups is 1. The molecule has 0 saturated heterocycles. The van der Waals surface area contributed by atoms with Crippen LogP contribution in [0.3, 0.4) is 0 Å². The van der Waals surface area contributed by atoms with Gasteiger partial charge < -0.3 is 26.2 Å². The molecule has 0 heterocycles. The number of rotatable bonds is 17. The minimum atomic E-state index is -3.67. The lowest BCUT2D eigenvalue weighted by atomic mass is 9.74. The van der Waals surface area contributed by atoms with Crippen molar-refractivity contribution in [3.05, 3.63) is 142 Å². The molecule has 0 spiro atoms. The number of esters is 1. The molecule has 0 unspecified atom stereocenters. The summed E-state index contributed by atoms with van der Waals surface area (Å²) in [6, 6.07) is 22.1. The smallest absolute Gasteiger partial charge is 0.303 e. The molecule has 6 N–H and O–H groups in total. The van der Waals surface area contributed by atoms with E-state index in [1.807, 2.05) is 0 Å². The number of hydrogen-bond acceptors (Lipinski definition) is 8. The number of aliphatic hydroxyl groups is 1. The molecule has 0 aliphatic heterocycles. The van der Waals surface area contributed by atoms with Gasteiger partial charge in [-0.3, -0.25) is 4.79 Å². The molecule has 4 aromatic carbocycles. The Morgan fingerprint density at radius 2 is 1.07 bits per heavy atom. The van der Waals surface area contributed by atoms with Crippen molar-refractivity contribution >= 4 is 16.0 Å². The molecule has 69 heavy (non-hydrogen) atoms. The zero-order valence-electron chi connectivity index (χ0n) is 41.9. The number of nitrogens with two attached hydrogens (primary N) is 1. The highest BCUT2D eigenvalue weighted by molar-refractivity contribution is 7.88. The highest BCUT2D eigenvalue weighted by Crippen LogP contribution is 2.40. The molecule has 380 valence electrons. The average Bonchev–Trinajstić information content (AvgIpc) is 3.26. The maximum atomic E-state index is 13.7. The predicted molar refractivity (Wildman–Crippen MR) is 267 cm³/mol. The van der Waals surface area contributed by atoms with E-state index in [-0.39, 0.29) is 46.9 Å². The van der Waals surface area contributed by atoms with Crippen molar-refractivity contribution in [1.29, 1.82) is 0 Å². The molecule has 0 bridgehead atoms. The third kappa shape index (κ3) is 16.7. The molecular formula is C55H76F4N4O5S. The molecule has 4 aromatic rings. The fourth-order valence-electron chi connectivity index (χ4n) is 9.89. The predicted octanol–water partition coefficient (Wildman–Crippen LogP) is 10.0. The van der Waals surface area contributed by atoms with Crippen LogP contribution >= 0.6 is 0 Å². The zero-order chi connectivity index (χ0) is 50.8. The van der Waals surface area contributed by atoms with Crippen LogP contribution in [0.25, 0.3) is 0 Å². The van der Waals surface area contributed by atoms with Crippen molar-refractivity contribution in [2.24, 2.45) is 5.73 Å². The van der Waals surface area contributed by atoms with Gasteiger partial charge in [0, 0.05) is 49.3 Å². The Balaban J connectivity index is 0.000000258. The van der Waals surface area contributed by atoms with Crippen LogP contribution in [0.1, 0.15) is 146 Å². The second-order valence-corrected chi connectivity index (χ2v) is 23.3. The van der Waals surface area contributed by atoms with E-state index >= 15 is 0 Å². The van der Waals surface area contributed by atoms with E-state index in [4.69, 9.17) is 10.5 Å². The number of nitrogens with one attached hydrogen (secondary N) is 3. The molecule has 9 nitrogen and oxygen atoms in total. The lowest BCUT2D eigenvalue weighted by Gasteiger charge is -2.41. The second kappa shape index (κ2) is 23.8. The molecule has 0 radical (unpaired) electrons. The first kappa shape index (κ1) is 55.7. The van der Waals surface area contributed by atoms with Gasteiger partial charge in [0.15, 0.2) is 0 Å². The van der Waals surface area contributed by atoms with Gasteiger partial charge in [-0.25, -0.2) is 30.7 Å². The molecule has 4 atom stereocenters. The molecule has 14 heteroatoms. The Labute approximate surface area is 408 Å². The quantitative estimate of drug-likeness (QED) is 0.0520. The first-order chi connectivity index (χ1) is 32.3. The SMILES string of the molecule is CC(=O)O[C@H](CNC1(c2cccc(C(C)(C)C)c2)CCCCC1)[C@@H](N)Cc1cc(F)cc(F)c1.CC(C)(C)c1cccc(C2(NC[C@@H](O)[C@H](Cc3cc(F)cc(F)c3)NS(C)(=O)=O)CCCCC2)c1. The summed E-state index contributed by atoms with van der Waals surface area (Å²) in [4.78, 5) is 11.8. The second-order valence-electron chi connectivity index (χ2n) is 21.5. The highest BCUT2D eigenvalue weighted by Gasteiger charge is 2.38. The normalized spacial score (nSPS) is 18.0. The van der Waals surface area contributed by atoms with Crippen LogP contribution < -0.4 is 21.1 Å². The van der Waals surface area contributed by atoms with Gasteiger partial charge in [-0.15, -0.1) is 0 Å². The van der Waals surface area contributed by atoms with Gasteiger partial charge in [0.2, 0.25) is 10.0 Å². The summed E-state index contributed by atoms with van der Waals surface area (Å²) in [5.74, 6) is -3.22. The Hall–Kier alpha value is -4.18. The van der Waals surface area contributed by atoms with Crippen molar-refractivity contribution in [3.8, 4) is 0 Å². The molecule has 2 saturated carbocycles. The number of aliphatic hydroxyl groups excluding tert-OH is 1. The fourth-order valence-corrected chi connectivity index (χ4v) is 10.7. The summed E-state index contributed by atoms with van der Waals surface area (Å²) in [5, 5.41) is 18.4. The van der Waals surface area contributed by atoms with Gasteiger partial charge in [0.25, 0.3) is 0 Å². The minimum Gasteiger partial charge on any atom is -0.460 e. The largest absolute Gasteiger partial charge is 0.460 e. The van der Waals surface area contributed by atoms with Crippen molar-refractivity contribution in [3.63, 3.8) is 0 Å². The molecule has 6 rings (SSSR count). The van der Waals surface area contributed by atoms with Gasteiger partial charge in [-0.2, -0.15) is 0 Å². The van der Waals surface area contributed by atoms with Crippen LogP contribution in [0.4, 0.5) is 17.6 Å². The summed E-state index contributed by atoms with van der Waals surface area (Å²) in [6.07, 6.45) is 9.87. The first-order valence-corrected chi connectivity index (χ1v) is 26.4. The van der Waals surface area contributed by atoms with Crippen molar-refractivity contribution in [2.45, 2.75) is 172 Å². The number of carbonyl (C=O) groups excluding carboxylic acids is 1. The third-order valence-electron chi connectivity index (χ3n) is 13.7. The summed E-state index contributed by atoms with van der Waals surface area (Å²) in [7, 11) is -3.67. The van der Waals surface area contributed by atoms with E-state index in [9.17, 15) is 35.9 Å². The monoisotopic (exact) mass is 981 g/mol. The minimum absolute atomic E-state index is 0.00386. The van der Waals surface area contributed by atoms with Crippen LogP contribution in [-0.4, -0.2) is 63.1 Å². The number of ether oxygens (including phenoxy) is 1. The summed E-state index contributed by atoms with van der Waals surface area (Å²) in [5.41, 5.74) is 11.5. The Kier molecular flexibility index (Phi) is 19.2. The maximum absolute atomic E-state index is 13.7. The van der Waals surface area contributed by atoms with Crippen molar-refractivity contribution in [1.82, 2.24) is 15.4 Å². The zero-order valence-corrected chi connectivity index (χ0v) is 42.7. The average molecular weight is 981 g/mol. The molecule has 0 amide bonds. The first-order valence-electron chi connectivity index (χ1n) is 24.5. The van der Waals surface area contributed by atoms with Crippen molar-refractivity contribution in [2.75, 3.05) is 19.3 Å². The summed E-state index contributed by atoms with van der Waals surface area (Å²) in [6.45, 7) is 15.0. The molecule has 2 aliphatic carbocycles. The van der Waals surface area contributed by atoms with E-state index < -0.39 is 63.6 Å². The molecule has 2 aliphatic rings. The lowest BCUT2D eigenvalue weighted by molar-refractivity contribution is -0.147. The van der Waals surface area contributed by atoms with E-state index in [0.29, 0.717) is 12.1 Å². The van der Waals surface area contributed by atoms with E-state index in [2.05, 4.69) is 105 Å². The van der Waals surface area contributed by atoms with Crippen LogP contribution in [0.15, 0.2) is 84.9 Å². The topological polar surface area (TPSA) is 143 Å². The molecular weight excluding hydrogens is 905 g/mol. The van der Waals surface area contributed by atoms with Crippen LogP contribution in [0, 0.1) is 23.3 Å². The summed E-state index contributed by atoms with van der Waals surface area (Å²) < 4.78 is 86.8. The highest BCUT2D eigenvalue weighted by atomic mass is 32.2. The van der Waals surface area contributed by atoms with Crippen LogP contribution in [-0.2, 0) is 54.3 Å². The van der Waals surface area contributed by atoms with Gasteiger partial charge in [0.1, 0.15) is 29.4 Å². The number of hydrogen-bond donors (Lipinski definition) is 5. The van der Waals surface area contributed by atoms with Gasteiger partial charge >= 0.3 is 5.97 Å². The third-order valence-corrected chi connectivity index (χ3v) is 14.4. The Morgan fingerprint density at radius 3 is 1.46 bits per heavy atom. The van der Waals surface area contributed by atoms with Gasteiger partial charge in [-0.1, -0.05) is 129 Å². The summed E-state index contributed by atoms with van der Waals surface area (Å²) >= 11 is 0. The van der Waals surface area contributed by atoms with Crippen LogP contribution in [0.5, 0.6) is 0 Å². The maximum Gasteiger partial charge on any atom is 0.303 e. The van der Waals surface area contributed by atoms with E-state index in [0.717, 1.165) is 93.9 Å². The standard InChI is InChI=1S/C28H38F2N2O2.C27H38F2N2O3S/c1-19(33)34-26(25(31)15-20-13-23(29)17-24(30)14-20)18-32-28(11-6-5-7-12-28)22-10-8-9-21(16-22)27(2,3)4;1-26(2,3)20-9-8-10-21(16-20)27(11-6-5-7-12-27)30-18-25(32)24(31-35(4,33)34)15-19-13-22(28)17-23(29)14-19/h8-10,13-14,16-17,25-26,32H,5-7,11-12,15,18,31H2,1-4H3;8-10,13-14,16-17,24-25,30-32H,5-7,11-12,15,18H2,1-4H3/t25-,26+;24-,25+/m00/s1. The molecule has 0 aromatic heterocycles. The van der Waals surface area contributed by atoms with Gasteiger partial charge in [-0.05, 0) is 107 Å². The van der Waals surface area contributed by atoms with Gasteiger partial charge in [0.05, 0.1) is 18.4 Å². The Bertz CT molecular complexity index is 2390. The van der Waals surface area contributed by atoms with Crippen molar-refractivity contribution < 1.29 is 40.6 Å². The number of halogens is 4. The fraction of sp³-hybridized carbons (Fsp3) is 0.545. The Morgan fingerprint density at radius 1 is 0.667 bits per heavy atom. The number of benzene rings is 4. The van der Waals surface area contributed by atoms with E-state index in [1.165, 1.54) is 42.2 Å². The number of sulfonamides is 1.